The zero-order valence-electron chi connectivity index (χ0n) is 8.81. The lowest BCUT2D eigenvalue weighted by molar-refractivity contribution is 0.427. The van der Waals surface area contributed by atoms with Crippen LogP contribution in [0.4, 0.5) is 5.82 Å². The van der Waals surface area contributed by atoms with E-state index in [1.807, 2.05) is 0 Å². The highest BCUT2D eigenvalue weighted by Gasteiger charge is 2.24. The van der Waals surface area contributed by atoms with Crippen LogP contribution in [0.15, 0.2) is 17.2 Å². The van der Waals surface area contributed by atoms with Gasteiger partial charge in [0.25, 0.3) is 5.56 Å². The van der Waals surface area contributed by atoms with Crippen molar-refractivity contribution >= 4 is 5.82 Å². The molecule has 0 saturated carbocycles. The van der Waals surface area contributed by atoms with Crippen LogP contribution in [0.5, 0.6) is 0 Å². The van der Waals surface area contributed by atoms with Crippen LogP contribution in [-0.2, 0) is 0 Å². The van der Waals surface area contributed by atoms with Crippen molar-refractivity contribution in [1.29, 1.82) is 0 Å². The summed E-state index contributed by atoms with van der Waals surface area (Å²) in [6.45, 7) is 2.99. The van der Waals surface area contributed by atoms with Crippen molar-refractivity contribution in [3.63, 3.8) is 0 Å². The number of piperidine rings is 1. The summed E-state index contributed by atoms with van der Waals surface area (Å²) in [5.41, 5.74) is 5.77. The van der Waals surface area contributed by atoms with Gasteiger partial charge in [-0.15, -0.1) is 0 Å². The summed E-state index contributed by atoms with van der Waals surface area (Å²) in [6, 6.07) is 2.16. The molecule has 2 unspecified atom stereocenters. The predicted octanol–water partition coefficient (Wildman–Crippen LogP) is 0.0859. The zero-order valence-corrected chi connectivity index (χ0v) is 8.81. The lowest BCUT2D eigenvalue weighted by Gasteiger charge is -2.37. The maximum Gasteiger partial charge on any atom is 0.252 e. The Labute approximate surface area is 88.3 Å². The smallest absolute Gasteiger partial charge is 0.252 e. The Morgan fingerprint density at radius 3 is 3.13 bits per heavy atom. The van der Waals surface area contributed by atoms with Crippen LogP contribution >= 0.6 is 0 Å². The van der Waals surface area contributed by atoms with Crippen molar-refractivity contribution in [2.75, 3.05) is 11.4 Å². The van der Waals surface area contributed by atoms with Gasteiger partial charge in [0.2, 0.25) is 0 Å². The maximum atomic E-state index is 11.2. The van der Waals surface area contributed by atoms with E-state index in [2.05, 4.69) is 21.8 Å². The highest BCUT2D eigenvalue weighted by molar-refractivity contribution is 5.38. The molecule has 82 valence electrons. The molecule has 1 aliphatic heterocycles. The number of nitrogens with one attached hydrogen (secondary N) is 1. The Morgan fingerprint density at radius 1 is 1.67 bits per heavy atom. The van der Waals surface area contributed by atoms with Crippen LogP contribution in [0.1, 0.15) is 19.8 Å². The highest BCUT2D eigenvalue weighted by atomic mass is 16.1. The third-order valence-corrected chi connectivity index (χ3v) is 2.87. The summed E-state index contributed by atoms with van der Waals surface area (Å²) in [4.78, 5) is 20.0. The van der Waals surface area contributed by atoms with Gasteiger partial charge < -0.3 is 15.6 Å². The number of aromatic amines is 1. The molecule has 5 nitrogen and oxygen atoms in total. The normalized spacial score (nSPS) is 26.7. The van der Waals surface area contributed by atoms with Crippen LogP contribution in [0.2, 0.25) is 0 Å². The van der Waals surface area contributed by atoms with E-state index in [1.54, 1.807) is 0 Å². The Morgan fingerprint density at radius 2 is 2.47 bits per heavy atom. The molecular formula is C10H16N4O. The molecule has 0 spiro atoms. The minimum atomic E-state index is -0.109. The molecule has 0 radical (unpaired) electrons. The van der Waals surface area contributed by atoms with E-state index < -0.39 is 0 Å². The number of aromatic nitrogens is 2. The summed E-state index contributed by atoms with van der Waals surface area (Å²) in [6.07, 6.45) is 3.35. The monoisotopic (exact) mass is 208 g/mol. The SMILES string of the molecule is CC1CC(N)CCN1c1cc(=O)[nH]cn1. The topological polar surface area (TPSA) is 75.0 Å². The van der Waals surface area contributed by atoms with Crippen molar-refractivity contribution in [1.82, 2.24) is 9.97 Å². The third kappa shape index (κ3) is 2.18. The molecule has 2 atom stereocenters. The number of H-pyrrole nitrogens is 1. The molecule has 1 aliphatic rings. The second-order valence-corrected chi connectivity index (χ2v) is 4.10. The number of rotatable bonds is 1. The fourth-order valence-electron chi connectivity index (χ4n) is 2.06. The zero-order chi connectivity index (χ0) is 10.8. The van der Waals surface area contributed by atoms with Crippen LogP contribution in [-0.4, -0.2) is 28.6 Å². The van der Waals surface area contributed by atoms with Gasteiger partial charge in [0.1, 0.15) is 5.82 Å². The molecule has 15 heavy (non-hydrogen) atoms. The van der Waals surface area contributed by atoms with Crippen LogP contribution in [0.3, 0.4) is 0 Å². The highest BCUT2D eigenvalue weighted by Crippen LogP contribution is 2.20. The number of hydrogen-bond donors (Lipinski definition) is 2. The summed E-state index contributed by atoms with van der Waals surface area (Å²) >= 11 is 0. The first-order valence-electron chi connectivity index (χ1n) is 5.24. The Balaban J connectivity index is 2.20. The van der Waals surface area contributed by atoms with Gasteiger partial charge in [0.05, 0.1) is 6.33 Å². The first kappa shape index (κ1) is 10.2. The second kappa shape index (κ2) is 4.02. The molecular weight excluding hydrogens is 192 g/mol. The molecule has 2 heterocycles. The molecule has 1 aromatic rings. The van der Waals surface area contributed by atoms with E-state index in [-0.39, 0.29) is 11.6 Å². The summed E-state index contributed by atoms with van der Waals surface area (Å²) < 4.78 is 0. The predicted molar refractivity (Wildman–Crippen MR) is 58.9 cm³/mol. The molecule has 2 rings (SSSR count). The fraction of sp³-hybridized carbons (Fsp3) is 0.600. The minimum absolute atomic E-state index is 0.109. The molecule has 0 bridgehead atoms. The van der Waals surface area contributed by atoms with Gasteiger partial charge in [0.15, 0.2) is 0 Å². The quantitative estimate of drug-likeness (QED) is 0.685. The number of nitrogens with two attached hydrogens (primary N) is 1. The van der Waals surface area contributed by atoms with Crippen LogP contribution in [0.25, 0.3) is 0 Å². The average molecular weight is 208 g/mol. The molecule has 0 aromatic carbocycles. The van der Waals surface area contributed by atoms with E-state index in [0.717, 1.165) is 25.2 Å². The van der Waals surface area contributed by atoms with E-state index in [9.17, 15) is 4.79 Å². The standard InChI is InChI=1S/C10H16N4O/c1-7-4-8(11)2-3-14(7)9-5-10(15)13-6-12-9/h5-8H,2-4,11H2,1H3,(H,12,13,15). The first-order chi connectivity index (χ1) is 7.16. The fourth-order valence-corrected chi connectivity index (χ4v) is 2.06. The maximum absolute atomic E-state index is 11.2. The van der Waals surface area contributed by atoms with Gasteiger partial charge >= 0.3 is 0 Å². The van der Waals surface area contributed by atoms with Crippen molar-refractivity contribution in [2.24, 2.45) is 5.73 Å². The van der Waals surface area contributed by atoms with Crippen molar-refractivity contribution < 1.29 is 0 Å². The van der Waals surface area contributed by atoms with Crippen molar-refractivity contribution in [3.05, 3.63) is 22.7 Å². The molecule has 1 fully saturated rings. The first-order valence-corrected chi connectivity index (χ1v) is 5.24. The van der Waals surface area contributed by atoms with E-state index >= 15 is 0 Å². The third-order valence-electron chi connectivity index (χ3n) is 2.87. The van der Waals surface area contributed by atoms with Crippen LogP contribution < -0.4 is 16.2 Å². The number of hydrogen-bond acceptors (Lipinski definition) is 4. The van der Waals surface area contributed by atoms with Gasteiger partial charge in [-0.2, -0.15) is 0 Å². The summed E-state index contributed by atoms with van der Waals surface area (Å²) in [7, 11) is 0. The molecule has 1 aromatic heterocycles. The lowest BCUT2D eigenvalue weighted by Crippen LogP contribution is -2.46. The van der Waals surface area contributed by atoms with Gasteiger partial charge in [-0.25, -0.2) is 4.98 Å². The molecule has 0 amide bonds. The van der Waals surface area contributed by atoms with Gasteiger partial charge in [-0.3, -0.25) is 4.79 Å². The molecule has 0 aliphatic carbocycles. The minimum Gasteiger partial charge on any atom is -0.354 e. The Bertz CT molecular complexity index is 389. The Kier molecular flexibility index (Phi) is 2.73. The average Bonchev–Trinajstić information content (AvgIpc) is 2.17. The van der Waals surface area contributed by atoms with Gasteiger partial charge in [-0.05, 0) is 19.8 Å². The summed E-state index contributed by atoms with van der Waals surface area (Å²) in [5, 5.41) is 0. The van der Waals surface area contributed by atoms with Crippen molar-refractivity contribution in [2.45, 2.75) is 31.8 Å². The second-order valence-electron chi connectivity index (χ2n) is 4.10. The molecule has 3 N–H and O–H groups in total. The van der Waals surface area contributed by atoms with E-state index in [0.29, 0.717) is 6.04 Å². The van der Waals surface area contributed by atoms with E-state index in [4.69, 9.17) is 5.73 Å². The van der Waals surface area contributed by atoms with E-state index in [1.165, 1.54) is 12.4 Å². The molecule has 1 saturated heterocycles. The van der Waals surface area contributed by atoms with Gasteiger partial charge in [-0.1, -0.05) is 0 Å². The largest absolute Gasteiger partial charge is 0.354 e. The lowest BCUT2D eigenvalue weighted by atomic mass is 9.99. The number of anilines is 1. The Hall–Kier alpha value is -1.36. The summed E-state index contributed by atoms with van der Waals surface area (Å²) in [5.74, 6) is 0.748. The molecule has 5 heteroatoms. The van der Waals surface area contributed by atoms with Crippen LogP contribution in [0, 0.1) is 0 Å². The van der Waals surface area contributed by atoms with Gasteiger partial charge in [0, 0.05) is 24.7 Å². The number of nitrogens with zero attached hydrogens (tertiary/aromatic N) is 2. The van der Waals surface area contributed by atoms with Crippen molar-refractivity contribution in [3.8, 4) is 0 Å².